The van der Waals surface area contributed by atoms with Crippen LogP contribution in [0.25, 0.3) is 0 Å². The number of benzene rings is 2. The number of nitrogens with one attached hydrogen (secondary N) is 1. The molecule has 0 spiro atoms. The Morgan fingerprint density at radius 1 is 1.00 bits per heavy atom. The Labute approximate surface area is 109 Å². The van der Waals surface area contributed by atoms with E-state index in [0.29, 0.717) is 0 Å². The maximum Gasteiger partial charge on any atom is 0.150 e. The molecule has 0 saturated carbocycles. The van der Waals surface area contributed by atoms with Crippen LogP contribution >= 0.6 is 0 Å². The van der Waals surface area contributed by atoms with Gasteiger partial charge in [0, 0.05) is 5.69 Å². The summed E-state index contributed by atoms with van der Waals surface area (Å²) < 4.78 is 20.1. The Morgan fingerprint density at radius 3 is 2.17 bits per heavy atom. The van der Waals surface area contributed by atoms with Crippen molar-refractivity contribution in [2.45, 2.75) is 11.8 Å². The van der Waals surface area contributed by atoms with Crippen molar-refractivity contribution < 1.29 is 8.95 Å². The summed E-state index contributed by atoms with van der Waals surface area (Å²) in [7, 11) is 0.351. The summed E-state index contributed by atoms with van der Waals surface area (Å²) in [5.41, 5.74) is 2.02. The van der Waals surface area contributed by atoms with Crippen molar-refractivity contribution in [1.29, 1.82) is 0 Å². The molecule has 0 aliphatic heterocycles. The maximum atomic E-state index is 12.1. The molecule has 2 aromatic rings. The Morgan fingerprint density at radius 2 is 1.61 bits per heavy atom. The standard InChI is InChI=1S/C14H15NO2S/c1-11-3-5-12(6-4-11)15-18(16)14-9-7-13(17-2)8-10-14/h3-10,15H,1-2H3. The summed E-state index contributed by atoms with van der Waals surface area (Å²) in [5, 5.41) is 0. The zero-order valence-corrected chi connectivity index (χ0v) is 11.2. The van der Waals surface area contributed by atoms with Crippen molar-refractivity contribution in [2.24, 2.45) is 0 Å². The molecular weight excluding hydrogens is 246 g/mol. The van der Waals surface area contributed by atoms with Gasteiger partial charge in [0.05, 0.1) is 12.0 Å². The highest BCUT2D eigenvalue weighted by Crippen LogP contribution is 2.16. The van der Waals surface area contributed by atoms with E-state index >= 15 is 0 Å². The number of anilines is 1. The van der Waals surface area contributed by atoms with E-state index in [2.05, 4.69) is 4.72 Å². The number of methoxy groups -OCH3 is 1. The second-order valence-corrected chi connectivity index (χ2v) is 5.13. The first-order valence-electron chi connectivity index (χ1n) is 5.58. The monoisotopic (exact) mass is 261 g/mol. The van der Waals surface area contributed by atoms with Crippen LogP contribution < -0.4 is 9.46 Å². The largest absolute Gasteiger partial charge is 0.497 e. The van der Waals surface area contributed by atoms with Crippen molar-refractivity contribution in [2.75, 3.05) is 11.8 Å². The fourth-order valence-corrected chi connectivity index (χ4v) is 2.34. The van der Waals surface area contributed by atoms with Gasteiger partial charge in [0.25, 0.3) is 0 Å². The highest BCUT2D eigenvalue weighted by molar-refractivity contribution is 7.86. The van der Waals surface area contributed by atoms with E-state index in [1.165, 1.54) is 5.56 Å². The molecule has 94 valence electrons. The molecule has 4 heteroatoms. The van der Waals surface area contributed by atoms with Crippen molar-refractivity contribution in [1.82, 2.24) is 0 Å². The first-order chi connectivity index (χ1) is 8.69. The lowest BCUT2D eigenvalue weighted by atomic mass is 10.2. The first kappa shape index (κ1) is 12.6. The molecule has 0 aromatic heterocycles. The van der Waals surface area contributed by atoms with Gasteiger partial charge in [-0.3, -0.25) is 0 Å². The fraction of sp³-hybridized carbons (Fsp3) is 0.143. The minimum absolute atomic E-state index is 0.719. The fourth-order valence-electron chi connectivity index (χ4n) is 1.49. The van der Waals surface area contributed by atoms with E-state index in [-0.39, 0.29) is 0 Å². The Hall–Kier alpha value is -1.81. The van der Waals surface area contributed by atoms with Gasteiger partial charge in [-0.05, 0) is 43.3 Å². The minimum atomic E-state index is -1.26. The third kappa shape index (κ3) is 3.11. The number of aryl methyl sites for hydroxylation is 1. The minimum Gasteiger partial charge on any atom is -0.497 e. The molecule has 0 saturated heterocycles. The summed E-state index contributed by atoms with van der Waals surface area (Å²) in [6, 6.07) is 15.0. The van der Waals surface area contributed by atoms with Gasteiger partial charge in [-0.15, -0.1) is 0 Å². The molecular formula is C14H15NO2S. The number of rotatable bonds is 4. The van der Waals surface area contributed by atoms with Gasteiger partial charge in [0.15, 0.2) is 0 Å². The molecule has 1 atom stereocenters. The first-order valence-corrected chi connectivity index (χ1v) is 6.73. The van der Waals surface area contributed by atoms with Crippen LogP contribution in [0.15, 0.2) is 53.4 Å². The molecule has 18 heavy (non-hydrogen) atoms. The van der Waals surface area contributed by atoms with Crippen LogP contribution in [0.2, 0.25) is 0 Å². The highest BCUT2D eigenvalue weighted by atomic mass is 32.2. The molecule has 0 radical (unpaired) electrons. The molecule has 2 rings (SSSR count). The van der Waals surface area contributed by atoms with Crippen LogP contribution in [0.5, 0.6) is 5.75 Å². The normalized spacial score (nSPS) is 11.9. The number of hydrogen-bond donors (Lipinski definition) is 1. The highest BCUT2D eigenvalue weighted by Gasteiger charge is 2.04. The van der Waals surface area contributed by atoms with Crippen molar-refractivity contribution in [3.05, 3.63) is 54.1 Å². The van der Waals surface area contributed by atoms with Crippen molar-refractivity contribution >= 4 is 16.7 Å². The molecule has 1 N–H and O–H groups in total. The van der Waals surface area contributed by atoms with Crippen LogP contribution in [0.1, 0.15) is 5.56 Å². The van der Waals surface area contributed by atoms with Gasteiger partial charge >= 0.3 is 0 Å². The van der Waals surface area contributed by atoms with Gasteiger partial charge in [-0.1, -0.05) is 17.7 Å². The molecule has 0 aliphatic rings. The third-order valence-electron chi connectivity index (χ3n) is 2.54. The maximum absolute atomic E-state index is 12.1. The van der Waals surface area contributed by atoms with E-state index in [1.807, 2.05) is 31.2 Å². The van der Waals surface area contributed by atoms with Crippen LogP contribution in [-0.2, 0) is 11.0 Å². The molecule has 0 fully saturated rings. The Kier molecular flexibility index (Phi) is 3.99. The average Bonchev–Trinajstić information content (AvgIpc) is 2.41. The van der Waals surface area contributed by atoms with Gasteiger partial charge in [0.2, 0.25) is 0 Å². The molecule has 0 amide bonds. The van der Waals surface area contributed by atoms with Crippen LogP contribution in [0.3, 0.4) is 0 Å². The number of hydrogen-bond acceptors (Lipinski definition) is 2. The van der Waals surface area contributed by atoms with Gasteiger partial charge < -0.3 is 9.46 Å². The molecule has 3 nitrogen and oxygen atoms in total. The molecule has 0 aliphatic carbocycles. The zero-order valence-electron chi connectivity index (χ0n) is 10.3. The lowest BCUT2D eigenvalue weighted by Crippen LogP contribution is -2.04. The van der Waals surface area contributed by atoms with Gasteiger partial charge in [-0.25, -0.2) is 4.21 Å². The number of ether oxygens (including phenoxy) is 1. The smallest absolute Gasteiger partial charge is 0.150 e. The third-order valence-corrected chi connectivity index (χ3v) is 3.66. The van der Waals surface area contributed by atoms with E-state index < -0.39 is 11.0 Å². The molecule has 2 aromatic carbocycles. The molecule has 1 unspecified atom stereocenters. The van der Waals surface area contributed by atoms with E-state index in [4.69, 9.17) is 4.74 Å². The average molecular weight is 261 g/mol. The van der Waals surface area contributed by atoms with Crippen molar-refractivity contribution in [3.63, 3.8) is 0 Å². The van der Waals surface area contributed by atoms with E-state index in [9.17, 15) is 4.21 Å². The lowest BCUT2D eigenvalue weighted by molar-refractivity contribution is 0.414. The van der Waals surface area contributed by atoms with Gasteiger partial charge in [0.1, 0.15) is 16.7 Å². The van der Waals surface area contributed by atoms with Crippen LogP contribution in [-0.4, -0.2) is 11.3 Å². The van der Waals surface area contributed by atoms with E-state index in [1.54, 1.807) is 31.4 Å². The predicted molar refractivity (Wildman–Crippen MR) is 74.2 cm³/mol. The molecule has 0 heterocycles. The SMILES string of the molecule is COc1ccc(S(=O)Nc2ccc(C)cc2)cc1. The summed E-state index contributed by atoms with van der Waals surface area (Å²) in [4.78, 5) is 0.719. The predicted octanol–water partition coefficient (Wildman–Crippen LogP) is 3.14. The second-order valence-electron chi connectivity index (χ2n) is 3.91. The lowest BCUT2D eigenvalue weighted by Gasteiger charge is -2.07. The topological polar surface area (TPSA) is 38.3 Å². The zero-order chi connectivity index (χ0) is 13.0. The Balaban J connectivity index is 2.09. The van der Waals surface area contributed by atoms with Crippen molar-refractivity contribution in [3.8, 4) is 5.75 Å². The second kappa shape index (κ2) is 5.69. The Bertz CT molecular complexity index is 535. The summed E-state index contributed by atoms with van der Waals surface area (Å²) in [6.07, 6.45) is 0. The van der Waals surface area contributed by atoms with E-state index in [0.717, 1.165) is 16.3 Å². The molecule has 0 bridgehead atoms. The van der Waals surface area contributed by atoms with Crippen LogP contribution in [0.4, 0.5) is 5.69 Å². The van der Waals surface area contributed by atoms with Gasteiger partial charge in [-0.2, -0.15) is 0 Å². The summed E-state index contributed by atoms with van der Waals surface area (Å²) in [6.45, 7) is 2.02. The summed E-state index contributed by atoms with van der Waals surface area (Å²) >= 11 is 0. The summed E-state index contributed by atoms with van der Waals surface area (Å²) in [5.74, 6) is 0.756. The van der Waals surface area contributed by atoms with Crippen LogP contribution in [0, 0.1) is 6.92 Å². The quantitative estimate of drug-likeness (QED) is 0.918.